The summed E-state index contributed by atoms with van der Waals surface area (Å²) in [6.07, 6.45) is 3.29. The molecule has 2 N–H and O–H groups in total. The highest BCUT2D eigenvalue weighted by molar-refractivity contribution is 7.98. The molecule has 0 aliphatic carbocycles. The van der Waals surface area contributed by atoms with Gasteiger partial charge in [0.25, 0.3) is 0 Å². The van der Waals surface area contributed by atoms with Crippen LogP contribution in [0.5, 0.6) is 0 Å². The molecular formula is C6H9BN2O2S. The Labute approximate surface area is 75.2 Å². The highest BCUT2D eigenvalue weighted by Gasteiger charge is 2.15. The van der Waals surface area contributed by atoms with Gasteiger partial charge in [0, 0.05) is 17.4 Å². The van der Waals surface area contributed by atoms with Crippen LogP contribution in [-0.2, 0) is 0 Å². The Bertz CT molecular complexity index is 282. The van der Waals surface area contributed by atoms with E-state index in [4.69, 9.17) is 10.0 Å². The van der Waals surface area contributed by atoms with Crippen LogP contribution in [0.3, 0.4) is 0 Å². The maximum absolute atomic E-state index is 8.84. The highest BCUT2D eigenvalue weighted by atomic mass is 32.2. The van der Waals surface area contributed by atoms with Gasteiger partial charge in [0.2, 0.25) is 0 Å². The molecule has 0 saturated heterocycles. The van der Waals surface area contributed by atoms with Gasteiger partial charge in [-0.2, -0.15) is 0 Å². The van der Waals surface area contributed by atoms with Crippen molar-refractivity contribution in [1.82, 2.24) is 9.97 Å². The van der Waals surface area contributed by atoms with E-state index in [9.17, 15) is 0 Å². The summed E-state index contributed by atoms with van der Waals surface area (Å²) in [5.41, 5.74) is 0.956. The summed E-state index contributed by atoms with van der Waals surface area (Å²) < 4.78 is 0. The molecule has 12 heavy (non-hydrogen) atoms. The van der Waals surface area contributed by atoms with E-state index in [0.29, 0.717) is 16.3 Å². The molecule has 0 aliphatic heterocycles. The van der Waals surface area contributed by atoms with Crippen molar-refractivity contribution >= 4 is 24.3 Å². The summed E-state index contributed by atoms with van der Waals surface area (Å²) in [6.45, 7) is 1.72. The Kier molecular flexibility index (Phi) is 3.08. The normalized spacial score (nSPS) is 10.0. The molecule has 4 nitrogen and oxygen atoms in total. The Hall–Kier alpha value is -0.585. The first kappa shape index (κ1) is 9.50. The fourth-order valence-electron chi connectivity index (χ4n) is 0.807. The maximum atomic E-state index is 8.84. The fourth-order valence-corrected chi connectivity index (χ4v) is 1.19. The molecule has 1 heterocycles. The van der Waals surface area contributed by atoms with E-state index in [-0.39, 0.29) is 0 Å². The van der Waals surface area contributed by atoms with E-state index in [2.05, 4.69) is 9.97 Å². The third-order valence-corrected chi connectivity index (χ3v) is 2.02. The SMILES string of the molecule is CSc1ncc(B(O)O)c(C)n1. The Balaban J connectivity index is 3.03. The second-order valence-electron chi connectivity index (χ2n) is 2.27. The lowest BCUT2D eigenvalue weighted by atomic mass is 9.80. The van der Waals surface area contributed by atoms with Gasteiger partial charge in [-0.25, -0.2) is 9.97 Å². The summed E-state index contributed by atoms with van der Waals surface area (Å²) in [6, 6.07) is 0. The average Bonchev–Trinajstić information content (AvgIpc) is 2.03. The van der Waals surface area contributed by atoms with Crippen molar-refractivity contribution in [2.45, 2.75) is 12.1 Å². The number of nitrogens with zero attached hydrogens (tertiary/aromatic N) is 2. The molecule has 0 aliphatic rings. The molecule has 0 bridgehead atoms. The molecule has 6 heteroatoms. The molecule has 0 atom stereocenters. The van der Waals surface area contributed by atoms with E-state index in [1.165, 1.54) is 18.0 Å². The van der Waals surface area contributed by atoms with Crippen molar-refractivity contribution in [2.24, 2.45) is 0 Å². The number of hydrogen-bond donors (Lipinski definition) is 2. The molecule has 0 spiro atoms. The molecule has 0 radical (unpaired) electrons. The van der Waals surface area contributed by atoms with E-state index in [0.717, 1.165) is 0 Å². The molecule has 0 aromatic carbocycles. The monoisotopic (exact) mass is 184 g/mol. The van der Waals surface area contributed by atoms with Gasteiger partial charge in [0.15, 0.2) is 5.16 Å². The lowest BCUT2D eigenvalue weighted by molar-refractivity contribution is 0.425. The third kappa shape index (κ3) is 1.97. The summed E-state index contributed by atoms with van der Waals surface area (Å²) in [5, 5.41) is 18.3. The number of aromatic nitrogens is 2. The predicted octanol–water partition coefficient (Wildman–Crippen LogP) is -0.813. The van der Waals surface area contributed by atoms with Crippen LogP contribution in [-0.4, -0.2) is 33.4 Å². The maximum Gasteiger partial charge on any atom is 0.491 e. The van der Waals surface area contributed by atoms with Crippen LogP contribution in [0.25, 0.3) is 0 Å². The number of hydrogen-bond acceptors (Lipinski definition) is 5. The zero-order valence-electron chi connectivity index (χ0n) is 6.85. The number of thioether (sulfide) groups is 1. The number of aryl methyl sites for hydroxylation is 1. The molecule has 1 rings (SSSR count). The molecule has 1 aromatic rings. The minimum atomic E-state index is -1.49. The third-order valence-electron chi connectivity index (χ3n) is 1.46. The van der Waals surface area contributed by atoms with Gasteiger partial charge < -0.3 is 10.0 Å². The van der Waals surface area contributed by atoms with Crippen molar-refractivity contribution in [2.75, 3.05) is 6.26 Å². The highest BCUT2D eigenvalue weighted by Crippen LogP contribution is 2.05. The van der Waals surface area contributed by atoms with Gasteiger partial charge in [0.1, 0.15) is 0 Å². The molecule has 0 amide bonds. The van der Waals surface area contributed by atoms with Crippen LogP contribution >= 0.6 is 11.8 Å². The van der Waals surface area contributed by atoms with E-state index in [1.54, 1.807) is 6.92 Å². The zero-order chi connectivity index (χ0) is 9.14. The van der Waals surface area contributed by atoms with Crippen molar-refractivity contribution in [3.8, 4) is 0 Å². The zero-order valence-corrected chi connectivity index (χ0v) is 7.67. The smallest absolute Gasteiger partial charge is 0.423 e. The summed E-state index contributed by atoms with van der Waals surface area (Å²) in [5.74, 6) is 0. The minimum absolute atomic E-state index is 0.354. The first-order valence-corrected chi connectivity index (χ1v) is 4.61. The van der Waals surface area contributed by atoms with Gasteiger partial charge in [0.05, 0.1) is 0 Å². The van der Waals surface area contributed by atoms with Crippen LogP contribution in [0.1, 0.15) is 5.69 Å². The molecule has 1 aromatic heterocycles. The van der Waals surface area contributed by atoms with Crippen LogP contribution < -0.4 is 5.46 Å². The minimum Gasteiger partial charge on any atom is -0.423 e. The molecule has 0 saturated carbocycles. The Morgan fingerprint density at radius 1 is 1.50 bits per heavy atom. The number of rotatable bonds is 2. The lowest BCUT2D eigenvalue weighted by Gasteiger charge is -2.03. The van der Waals surface area contributed by atoms with Crippen LogP contribution in [0, 0.1) is 6.92 Å². The largest absolute Gasteiger partial charge is 0.491 e. The van der Waals surface area contributed by atoms with E-state index >= 15 is 0 Å². The predicted molar refractivity (Wildman–Crippen MR) is 48.4 cm³/mol. The summed E-state index contributed by atoms with van der Waals surface area (Å²) in [7, 11) is -1.49. The van der Waals surface area contributed by atoms with Gasteiger partial charge in [-0.3, -0.25) is 0 Å². The summed E-state index contributed by atoms with van der Waals surface area (Å²) >= 11 is 1.42. The molecule has 64 valence electrons. The quantitative estimate of drug-likeness (QED) is 0.357. The topological polar surface area (TPSA) is 66.2 Å². The first-order chi connectivity index (χ1) is 5.65. The van der Waals surface area contributed by atoms with Crippen molar-refractivity contribution in [3.05, 3.63) is 11.9 Å². The fraction of sp³-hybridized carbons (Fsp3) is 0.333. The van der Waals surface area contributed by atoms with Crippen molar-refractivity contribution in [3.63, 3.8) is 0 Å². The van der Waals surface area contributed by atoms with Gasteiger partial charge in [-0.05, 0) is 13.2 Å². The summed E-state index contributed by atoms with van der Waals surface area (Å²) in [4.78, 5) is 7.96. The van der Waals surface area contributed by atoms with Crippen molar-refractivity contribution < 1.29 is 10.0 Å². The Morgan fingerprint density at radius 2 is 2.17 bits per heavy atom. The second-order valence-corrected chi connectivity index (χ2v) is 3.04. The molecular weight excluding hydrogens is 175 g/mol. The second kappa shape index (κ2) is 3.89. The van der Waals surface area contributed by atoms with Gasteiger partial charge in [-0.15, -0.1) is 0 Å². The van der Waals surface area contributed by atoms with Crippen LogP contribution in [0.2, 0.25) is 0 Å². The van der Waals surface area contributed by atoms with Crippen molar-refractivity contribution in [1.29, 1.82) is 0 Å². The van der Waals surface area contributed by atoms with Crippen LogP contribution in [0.4, 0.5) is 0 Å². The lowest BCUT2D eigenvalue weighted by Crippen LogP contribution is -2.33. The van der Waals surface area contributed by atoms with Gasteiger partial charge >= 0.3 is 7.12 Å². The average molecular weight is 184 g/mol. The van der Waals surface area contributed by atoms with Gasteiger partial charge in [-0.1, -0.05) is 11.8 Å². The first-order valence-electron chi connectivity index (χ1n) is 3.39. The van der Waals surface area contributed by atoms with E-state index in [1.807, 2.05) is 6.26 Å². The standard InChI is InChI=1S/C6H9BN2O2S/c1-4-5(7(10)11)3-8-6(9-4)12-2/h3,10-11H,1-2H3. The van der Waals surface area contributed by atoms with Crippen LogP contribution in [0.15, 0.2) is 11.4 Å². The van der Waals surface area contributed by atoms with E-state index < -0.39 is 7.12 Å². The Morgan fingerprint density at radius 3 is 2.58 bits per heavy atom. The molecule has 0 fully saturated rings. The molecule has 0 unspecified atom stereocenters.